The minimum absolute atomic E-state index is 0.158. The van der Waals surface area contributed by atoms with Gasteiger partial charge < -0.3 is 14.2 Å². The summed E-state index contributed by atoms with van der Waals surface area (Å²) in [6.45, 7) is 9.75. The Kier molecular flexibility index (Phi) is 7.32. The van der Waals surface area contributed by atoms with Crippen LogP contribution in [0.1, 0.15) is 31.4 Å². The summed E-state index contributed by atoms with van der Waals surface area (Å²) in [6, 6.07) is 5.56. The molecule has 0 radical (unpaired) electrons. The van der Waals surface area contributed by atoms with E-state index in [1.165, 1.54) is 0 Å². The predicted molar refractivity (Wildman–Crippen MR) is 88.1 cm³/mol. The van der Waals surface area contributed by atoms with Crippen LogP contribution in [-0.2, 0) is 19.1 Å². The molecule has 0 aliphatic carbocycles. The molecule has 0 N–H and O–H groups in total. The molecule has 1 aromatic rings. The SMILES string of the molecule is C=C(CC(C(=O)OCC)C(=O)OCC)c1ccc(OC)cc1C. The Morgan fingerprint density at radius 2 is 1.70 bits per heavy atom. The lowest BCUT2D eigenvalue weighted by Gasteiger charge is -2.17. The zero-order chi connectivity index (χ0) is 17.4. The number of carbonyl (C=O) groups is 2. The van der Waals surface area contributed by atoms with Gasteiger partial charge in [0.2, 0.25) is 0 Å². The zero-order valence-corrected chi connectivity index (χ0v) is 14.2. The Balaban J connectivity index is 2.96. The quantitative estimate of drug-likeness (QED) is 0.544. The average molecular weight is 320 g/mol. The number of allylic oxidation sites excluding steroid dienone is 1. The topological polar surface area (TPSA) is 61.8 Å². The summed E-state index contributed by atoms with van der Waals surface area (Å²) in [5.41, 5.74) is 2.52. The van der Waals surface area contributed by atoms with Crippen LogP contribution in [-0.4, -0.2) is 32.3 Å². The summed E-state index contributed by atoms with van der Waals surface area (Å²) in [5.74, 6) is -1.42. The highest BCUT2D eigenvalue weighted by Crippen LogP contribution is 2.28. The number of benzene rings is 1. The van der Waals surface area contributed by atoms with E-state index in [0.29, 0.717) is 5.57 Å². The minimum atomic E-state index is -0.996. The van der Waals surface area contributed by atoms with Gasteiger partial charge in [0, 0.05) is 0 Å². The van der Waals surface area contributed by atoms with Gasteiger partial charge in [0.1, 0.15) is 5.75 Å². The fourth-order valence-corrected chi connectivity index (χ4v) is 2.26. The van der Waals surface area contributed by atoms with Crippen LogP contribution < -0.4 is 4.74 Å². The van der Waals surface area contributed by atoms with Gasteiger partial charge in [-0.25, -0.2) is 0 Å². The number of hydrogen-bond acceptors (Lipinski definition) is 5. The second kappa shape index (κ2) is 8.98. The second-order valence-corrected chi connectivity index (χ2v) is 5.05. The third-order valence-electron chi connectivity index (χ3n) is 3.41. The van der Waals surface area contributed by atoms with Crippen LogP contribution in [0.5, 0.6) is 5.75 Å². The van der Waals surface area contributed by atoms with Gasteiger partial charge in [0.25, 0.3) is 0 Å². The number of rotatable bonds is 8. The molecule has 5 heteroatoms. The number of ether oxygens (including phenoxy) is 3. The molecular weight excluding hydrogens is 296 g/mol. The molecule has 0 heterocycles. The Morgan fingerprint density at radius 1 is 1.13 bits per heavy atom. The molecule has 126 valence electrons. The molecule has 0 aromatic heterocycles. The second-order valence-electron chi connectivity index (χ2n) is 5.05. The van der Waals surface area contributed by atoms with Gasteiger partial charge in [-0.1, -0.05) is 12.6 Å². The number of hydrogen-bond donors (Lipinski definition) is 0. The fourth-order valence-electron chi connectivity index (χ4n) is 2.26. The summed E-state index contributed by atoms with van der Waals surface area (Å²) in [5, 5.41) is 0. The first kappa shape index (κ1) is 18.7. The molecule has 5 nitrogen and oxygen atoms in total. The van der Waals surface area contributed by atoms with Crippen molar-refractivity contribution in [2.45, 2.75) is 27.2 Å². The molecule has 0 atom stereocenters. The monoisotopic (exact) mass is 320 g/mol. The Hall–Kier alpha value is -2.30. The van der Waals surface area contributed by atoms with Crippen LogP contribution in [0.3, 0.4) is 0 Å². The van der Waals surface area contributed by atoms with Crippen LogP contribution in [0.25, 0.3) is 5.57 Å². The van der Waals surface area contributed by atoms with Gasteiger partial charge in [-0.05, 0) is 56.0 Å². The molecule has 0 spiro atoms. The van der Waals surface area contributed by atoms with Gasteiger partial charge in [0.15, 0.2) is 5.92 Å². The molecule has 0 aliphatic rings. The van der Waals surface area contributed by atoms with Crippen molar-refractivity contribution in [2.24, 2.45) is 5.92 Å². The molecule has 0 aliphatic heterocycles. The summed E-state index contributed by atoms with van der Waals surface area (Å²) in [7, 11) is 1.60. The highest BCUT2D eigenvalue weighted by molar-refractivity contribution is 5.96. The maximum absolute atomic E-state index is 12.0. The first-order valence-corrected chi connectivity index (χ1v) is 7.60. The third-order valence-corrected chi connectivity index (χ3v) is 3.41. The van der Waals surface area contributed by atoms with Crippen LogP contribution in [0, 0.1) is 12.8 Å². The van der Waals surface area contributed by atoms with Crippen LogP contribution in [0.4, 0.5) is 0 Å². The first-order valence-electron chi connectivity index (χ1n) is 7.60. The van der Waals surface area contributed by atoms with Gasteiger partial charge in [-0.3, -0.25) is 9.59 Å². The maximum Gasteiger partial charge on any atom is 0.320 e. The normalized spacial score (nSPS) is 10.3. The Labute approximate surface area is 137 Å². The van der Waals surface area contributed by atoms with E-state index in [1.807, 2.05) is 25.1 Å². The van der Waals surface area contributed by atoms with Crippen molar-refractivity contribution in [1.29, 1.82) is 0 Å². The molecule has 23 heavy (non-hydrogen) atoms. The van der Waals surface area contributed by atoms with Gasteiger partial charge in [-0.15, -0.1) is 0 Å². The minimum Gasteiger partial charge on any atom is -0.497 e. The summed E-state index contributed by atoms with van der Waals surface area (Å²) >= 11 is 0. The van der Waals surface area contributed by atoms with Crippen molar-refractivity contribution < 1.29 is 23.8 Å². The molecule has 0 amide bonds. The molecule has 0 saturated carbocycles. The van der Waals surface area contributed by atoms with E-state index in [2.05, 4.69) is 6.58 Å². The Morgan fingerprint density at radius 3 is 2.13 bits per heavy atom. The fraction of sp³-hybridized carbons (Fsp3) is 0.444. The highest BCUT2D eigenvalue weighted by atomic mass is 16.6. The standard InChI is InChI=1S/C18H24O5/c1-6-22-17(19)16(18(20)23-7-2)11-13(4)15-9-8-14(21-5)10-12(15)3/h8-10,16H,4,6-7,11H2,1-3,5H3. The van der Waals surface area contributed by atoms with E-state index in [-0.39, 0.29) is 19.6 Å². The van der Waals surface area contributed by atoms with Crippen molar-refractivity contribution in [3.63, 3.8) is 0 Å². The zero-order valence-electron chi connectivity index (χ0n) is 14.2. The van der Waals surface area contributed by atoms with Crippen molar-refractivity contribution >= 4 is 17.5 Å². The van der Waals surface area contributed by atoms with E-state index in [0.717, 1.165) is 16.9 Å². The van der Waals surface area contributed by atoms with Gasteiger partial charge in [-0.2, -0.15) is 0 Å². The average Bonchev–Trinajstić information content (AvgIpc) is 2.52. The molecule has 0 bridgehead atoms. The molecular formula is C18H24O5. The van der Waals surface area contributed by atoms with Gasteiger partial charge >= 0.3 is 11.9 Å². The highest BCUT2D eigenvalue weighted by Gasteiger charge is 2.30. The molecule has 1 aromatic carbocycles. The van der Waals surface area contributed by atoms with E-state index < -0.39 is 17.9 Å². The largest absolute Gasteiger partial charge is 0.497 e. The van der Waals surface area contributed by atoms with Crippen LogP contribution in [0.15, 0.2) is 24.8 Å². The van der Waals surface area contributed by atoms with E-state index in [1.54, 1.807) is 21.0 Å². The van der Waals surface area contributed by atoms with Crippen molar-refractivity contribution in [1.82, 2.24) is 0 Å². The van der Waals surface area contributed by atoms with Crippen LogP contribution >= 0.6 is 0 Å². The van der Waals surface area contributed by atoms with Crippen molar-refractivity contribution in [2.75, 3.05) is 20.3 Å². The van der Waals surface area contributed by atoms with Crippen molar-refractivity contribution in [3.05, 3.63) is 35.9 Å². The van der Waals surface area contributed by atoms with E-state index >= 15 is 0 Å². The smallest absolute Gasteiger partial charge is 0.320 e. The predicted octanol–water partition coefficient (Wildman–Crippen LogP) is 3.15. The maximum atomic E-state index is 12.0. The molecule has 0 saturated heterocycles. The number of aryl methyl sites for hydroxylation is 1. The lowest BCUT2D eigenvalue weighted by atomic mass is 9.92. The van der Waals surface area contributed by atoms with Crippen molar-refractivity contribution in [3.8, 4) is 5.75 Å². The summed E-state index contributed by atoms with van der Waals surface area (Å²) < 4.78 is 15.1. The lowest BCUT2D eigenvalue weighted by molar-refractivity contribution is -0.161. The summed E-state index contributed by atoms with van der Waals surface area (Å²) in [6.07, 6.45) is 0.158. The van der Waals surface area contributed by atoms with Gasteiger partial charge in [0.05, 0.1) is 20.3 Å². The van der Waals surface area contributed by atoms with E-state index in [4.69, 9.17) is 14.2 Å². The summed E-state index contributed by atoms with van der Waals surface area (Å²) in [4.78, 5) is 24.1. The first-order chi connectivity index (χ1) is 10.9. The molecule has 0 unspecified atom stereocenters. The third kappa shape index (κ3) is 5.13. The number of esters is 2. The number of methoxy groups -OCH3 is 1. The molecule has 1 rings (SSSR count). The number of carbonyl (C=O) groups excluding carboxylic acids is 2. The molecule has 0 fully saturated rings. The lowest BCUT2D eigenvalue weighted by Crippen LogP contribution is -2.28. The van der Waals surface area contributed by atoms with E-state index in [9.17, 15) is 9.59 Å². The van der Waals surface area contributed by atoms with Crippen LogP contribution in [0.2, 0.25) is 0 Å². The Bertz CT molecular complexity index is 559.